The van der Waals surface area contributed by atoms with Gasteiger partial charge < -0.3 is 9.84 Å². The number of carboxylic acids is 1. The largest absolute Gasteiger partial charge is 0.481 e. The first kappa shape index (κ1) is 19.7. The Bertz CT molecular complexity index is 591. The third kappa shape index (κ3) is 3.68. The van der Waals surface area contributed by atoms with E-state index in [0.717, 1.165) is 50.5 Å². The zero-order valence-electron chi connectivity index (χ0n) is 16.1. The number of aliphatic carboxylic acids is 1. The van der Waals surface area contributed by atoms with E-state index in [1.807, 2.05) is 13.8 Å². The van der Waals surface area contributed by atoms with Gasteiger partial charge in [0, 0.05) is 6.08 Å². The molecule has 0 aromatic carbocycles. The summed E-state index contributed by atoms with van der Waals surface area (Å²) in [5, 5.41) is 9.86. The molecule has 2 aliphatic carbocycles. The standard InChI is InChI=1S/C21H32O4/c1-14(13-18(22)25-5)7-9-16-15(2)8-10-17-20(16,3)11-6-12-21(17,4)19(23)24/h13,16-17H,2,6-12H2,1,3-5H3,(H,23,24)/b14-13+/t16-,17+,20+,21-/m0/s1. The van der Waals surface area contributed by atoms with Crippen LogP contribution in [0.15, 0.2) is 23.8 Å². The molecule has 0 saturated heterocycles. The van der Waals surface area contributed by atoms with Gasteiger partial charge in [0.25, 0.3) is 0 Å². The van der Waals surface area contributed by atoms with Crippen LogP contribution in [0.1, 0.15) is 65.7 Å². The fourth-order valence-corrected chi connectivity index (χ4v) is 5.44. The second kappa shape index (κ2) is 7.35. The lowest BCUT2D eigenvalue weighted by atomic mass is 9.46. The molecule has 0 spiro atoms. The number of methoxy groups -OCH3 is 1. The molecule has 4 heteroatoms. The number of esters is 1. The topological polar surface area (TPSA) is 63.6 Å². The fraction of sp³-hybridized carbons (Fsp3) is 0.714. The lowest BCUT2D eigenvalue weighted by molar-refractivity contribution is -0.164. The van der Waals surface area contributed by atoms with Gasteiger partial charge in [-0.15, -0.1) is 0 Å². The monoisotopic (exact) mass is 348 g/mol. The van der Waals surface area contributed by atoms with E-state index in [1.54, 1.807) is 6.08 Å². The van der Waals surface area contributed by atoms with Crippen LogP contribution in [-0.4, -0.2) is 24.2 Å². The first-order chi connectivity index (χ1) is 11.6. The maximum atomic E-state index is 12.0. The Morgan fingerprint density at radius 2 is 2.04 bits per heavy atom. The van der Waals surface area contributed by atoms with Crippen molar-refractivity contribution in [2.75, 3.05) is 7.11 Å². The molecule has 25 heavy (non-hydrogen) atoms. The Morgan fingerprint density at radius 1 is 1.36 bits per heavy atom. The Kier molecular flexibility index (Phi) is 5.80. The van der Waals surface area contributed by atoms with Crippen LogP contribution < -0.4 is 0 Å². The van der Waals surface area contributed by atoms with Crippen molar-refractivity contribution >= 4 is 11.9 Å². The molecule has 140 valence electrons. The minimum atomic E-state index is -0.656. The summed E-state index contributed by atoms with van der Waals surface area (Å²) in [5.41, 5.74) is 1.59. The van der Waals surface area contributed by atoms with Crippen molar-refractivity contribution in [1.82, 2.24) is 0 Å². The van der Waals surface area contributed by atoms with Crippen molar-refractivity contribution in [2.24, 2.45) is 22.7 Å². The van der Waals surface area contributed by atoms with Crippen molar-refractivity contribution in [3.63, 3.8) is 0 Å². The molecule has 0 heterocycles. The van der Waals surface area contributed by atoms with Crippen molar-refractivity contribution < 1.29 is 19.4 Å². The molecule has 4 nitrogen and oxygen atoms in total. The maximum absolute atomic E-state index is 12.0. The second-order valence-electron chi connectivity index (χ2n) is 8.44. The zero-order valence-corrected chi connectivity index (χ0v) is 16.1. The van der Waals surface area contributed by atoms with Crippen LogP contribution >= 0.6 is 0 Å². The third-order valence-corrected chi connectivity index (χ3v) is 6.90. The number of rotatable bonds is 5. The molecule has 2 fully saturated rings. The highest BCUT2D eigenvalue weighted by Gasteiger charge is 2.57. The molecule has 2 saturated carbocycles. The highest BCUT2D eigenvalue weighted by Crippen LogP contribution is 2.62. The van der Waals surface area contributed by atoms with E-state index >= 15 is 0 Å². The van der Waals surface area contributed by atoms with Crippen molar-refractivity contribution in [2.45, 2.75) is 65.7 Å². The minimum absolute atomic E-state index is 0.0216. The first-order valence-corrected chi connectivity index (χ1v) is 9.31. The number of hydrogen-bond donors (Lipinski definition) is 1. The number of carbonyl (C=O) groups is 2. The van der Waals surface area contributed by atoms with Crippen LogP contribution in [0.5, 0.6) is 0 Å². The zero-order chi connectivity index (χ0) is 18.8. The minimum Gasteiger partial charge on any atom is -0.481 e. The molecular weight excluding hydrogens is 316 g/mol. The number of carboxylic acid groups (broad SMARTS) is 1. The quantitative estimate of drug-likeness (QED) is 0.442. The van der Waals surface area contributed by atoms with Gasteiger partial charge in [0.1, 0.15) is 0 Å². The lowest BCUT2D eigenvalue weighted by Crippen LogP contribution is -2.53. The van der Waals surface area contributed by atoms with E-state index in [-0.39, 0.29) is 17.3 Å². The molecular formula is C21H32O4. The fourth-order valence-electron chi connectivity index (χ4n) is 5.44. The summed E-state index contributed by atoms with van der Waals surface area (Å²) in [5.74, 6) is -0.477. The van der Waals surface area contributed by atoms with Gasteiger partial charge >= 0.3 is 11.9 Å². The predicted octanol–water partition coefficient (Wildman–Crippen LogP) is 4.75. The molecule has 0 aromatic rings. The molecule has 0 unspecified atom stereocenters. The molecule has 0 bridgehead atoms. The van der Waals surface area contributed by atoms with Crippen molar-refractivity contribution in [3.8, 4) is 0 Å². The predicted molar refractivity (Wildman–Crippen MR) is 98.1 cm³/mol. The first-order valence-electron chi connectivity index (χ1n) is 9.31. The molecule has 0 aromatic heterocycles. The Balaban J connectivity index is 2.22. The highest BCUT2D eigenvalue weighted by molar-refractivity contribution is 5.82. The summed E-state index contributed by atoms with van der Waals surface area (Å²) in [6, 6.07) is 0. The molecule has 0 amide bonds. The van der Waals surface area contributed by atoms with Crippen LogP contribution in [0.25, 0.3) is 0 Å². The third-order valence-electron chi connectivity index (χ3n) is 6.90. The maximum Gasteiger partial charge on any atom is 0.330 e. The van der Waals surface area contributed by atoms with Gasteiger partial charge in [-0.05, 0) is 69.6 Å². The van der Waals surface area contributed by atoms with Crippen LogP contribution in [0, 0.1) is 22.7 Å². The summed E-state index contributed by atoms with van der Waals surface area (Å²) in [6.07, 6.45) is 7.89. The van der Waals surface area contributed by atoms with Gasteiger partial charge in [-0.25, -0.2) is 4.79 Å². The van der Waals surface area contributed by atoms with Gasteiger partial charge in [0.15, 0.2) is 0 Å². The molecule has 2 aliphatic rings. The highest BCUT2D eigenvalue weighted by atomic mass is 16.5. The van der Waals surface area contributed by atoms with Crippen LogP contribution in [0.3, 0.4) is 0 Å². The summed E-state index contributed by atoms with van der Waals surface area (Å²) < 4.78 is 4.70. The number of carbonyl (C=O) groups excluding carboxylic acids is 1. The van der Waals surface area contributed by atoms with Gasteiger partial charge in [-0.1, -0.05) is 31.1 Å². The van der Waals surface area contributed by atoms with E-state index < -0.39 is 11.4 Å². The molecule has 0 radical (unpaired) electrons. The van der Waals surface area contributed by atoms with E-state index in [4.69, 9.17) is 4.74 Å². The molecule has 4 atom stereocenters. The smallest absolute Gasteiger partial charge is 0.330 e. The van der Waals surface area contributed by atoms with E-state index in [2.05, 4.69) is 13.5 Å². The van der Waals surface area contributed by atoms with Crippen molar-refractivity contribution in [3.05, 3.63) is 23.8 Å². The average Bonchev–Trinajstić information content (AvgIpc) is 2.53. The Hall–Kier alpha value is -1.58. The number of ether oxygens (including phenoxy) is 1. The Labute approximate surface area is 151 Å². The normalized spacial score (nSPS) is 35.8. The van der Waals surface area contributed by atoms with Crippen molar-refractivity contribution in [1.29, 1.82) is 0 Å². The van der Waals surface area contributed by atoms with E-state index in [0.29, 0.717) is 5.92 Å². The molecule has 0 aliphatic heterocycles. The second-order valence-corrected chi connectivity index (χ2v) is 8.44. The van der Waals surface area contributed by atoms with Crippen LogP contribution in [0.4, 0.5) is 0 Å². The lowest BCUT2D eigenvalue weighted by Gasteiger charge is -2.57. The summed E-state index contributed by atoms with van der Waals surface area (Å²) in [4.78, 5) is 23.4. The van der Waals surface area contributed by atoms with Crippen LogP contribution in [0.2, 0.25) is 0 Å². The number of allylic oxidation sites excluding steroid dienone is 2. The number of fused-ring (bicyclic) bond motifs is 1. The van der Waals surface area contributed by atoms with Gasteiger partial charge in [0.2, 0.25) is 0 Å². The Morgan fingerprint density at radius 3 is 2.64 bits per heavy atom. The number of hydrogen-bond acceptors (Lipinski definition) is 3. The van der Waals surface area contributed by atoms with Gasteiger partial charge in [0.05, 0.1) is 12.5 Å². The van der Waals surface area contributed by atoms with Gasteiger partial charge in [-0.2, -0.15) is 0 Å². The van der Waals surface area contributed by atoms with Gasteiger partial charge in [-0.3, -0.25) is 4.79 Å². The molecule has 2 rings (SSSR count). The summed E-state index contributed by atoms with van der Waals surface area (Å²) in [6.45, 7) is 10.5. The average molecular weight is 348 g/mol. The van der Waals surface area contributed by atoms with E-state index in [1.165, 1.54) is 12.7 Å². The van der Waals surface area contributed by atoms with Crippen LogP contribution in [-0.2, 0) is 14.3 Å². The molecule has 1 N–H and O–H groups in total. The van der Waals surface area contributed by atoms with E-state index in [9.17, 15) is 14.7 Å². The summed E-state index contributed by atoms with van der Waals surface area (Å²) >= 11 is 0. The summed E-state index contributed by atoms with van der Waals surface area (Å²) in [7, 11) is 1.38. The SMILES string of the molecule is C=C1CC[C@@H]2[C@](C)(CCC[C@]2(C)C(=O)O)[C@H]1CC/C(C)=C/C(=O)OC.